The van der Waals surface area contributed by atoms with E-state index in [1.807, 2.05) is 24.3 Å². The van der Waals surface area contributed by atoms with Crippen LogP contribution in [0.1, 0.15) is 0 Å². The molecule has 8 heteroatoms. The first-order valence-electron chi connectivity index (χ1n) is 8.83. The summed E-state index contributed by atoms with van der Waals surface area (Å²) in [6.45, 7) is -0.251. The van der Waals surface area contributed by atoms with Gasteiger partial charge in [-0.15, -0.1) is 0 Å². The summed E-state index contributed by atoms with van der Waals surface area (Å²) in [6, 6.07) is 17.7. The fraction of sp³-hybridized carbons (Fsp3) is 0.0909. The van der Waals surface area contributed by atoms with E-state index in [9.17, 15) is 9.59 Å². The molecule has 1 heterocycles. The molecule has 152 valence electrons. The van der Waals surface area contributed by atoms with Crippen molar-refractivity contribution < 1.29 is 23.4 Å². The van der Waals surface area contributed by atoms with Crippen molar-refractivity contribution in [3.8, 4) is 28.4 Å². The summed E-state index contributed by atoms with van der Waals surface area (Å²) in [7, 11) is 1.58. The minimum Gasteiger partial charge on any atom is -0.497 e. The molecule has 4 rings (SSSR count). The lowest BCUT2D eigenvalue weighted by Crippen LogP contribution is -2.17. The lowest BCUT2D eigenvalue weighted by molar-refractivity contribution is -0.136. The highest BCUT2D eigenvalue weighted by molar-refractivity contribution is 9.10. The van der Waals surface area contributed by atoms with Crippen LogP contribution in [0.3, 0.4) is 0 Å². The van der Waals surface area contributed by atoms with E-state index in [2.05, 4.69) is 15.9 Å². The molecule has 0 aliphatic carbocycles. The SMILES string of the molecule is COc1ccc(-c2cc(OC(=O)COc3ccc(Br)cc3)cc3sc(=O)oc23)cc1. The maximum absolute atomic E-state index is 12.3. The fourth-order valence-corrected chi connectivity index (χ4v) is 3.82. The summed E-state index contributed by atoms with van der Waals surface area (Å²) in [5, 5.41) is 0. The second-order valence-electron chi connectivity index (χ2n) is 6.20. The molecule has 0 amide bonds. The summed E-state index contributed by atoms with van der Waals surface area (Å²) >= 11 is 4.29. The van der Waals surface area contributed by atoms with Gasteiger partial charge in [-0.05, 0) is 48.0 Å². The molecule has 0 unspecified atom stereocenters. The molecule has 0 aliphatic rings. The number of carbonyl (C=O) groups excluding carboxylic acids is 1. The second kappa shape index (κ2) is 8.73. The number of hydrogen-bond acceptors (Lipinski definition) is 7. The highest BCUT2D eigenvalue weighted by Gasteiger charge is 2.15. The predicted molar refractivity (Wildman–Crippen MR) is 118 cm³/mol. The van der Waals surface area contributed by atoms with Crippen LogP contribution in [-0.2, 0) is 4.79 Å². The molecule has 0 saturated carbocycles. The maximum Gasteiger partial charge on any atom is 0.396 e. The Labute approximate surface area is 183 Å². The van der Waals surface area contributed by atoms with Crippen molar-refractivity contribution in [3.05, 3.63) is 74.9 Å². The molecule has 0 atom stereocenters. The van der Waals surface area contributed by atoms with Gasteiger partial charge in [-0.25, -0.2) is 9.59 Å². The third-order valence-electron chi connectivity index (χ3n) is 4.21. The number of methoxy groups -OCH3 is 1. The topological polar surface area (TPSA) is 75.0 Å². The minimum absolute atomic E-state index is 0.251. The highest BCUT2D eigenvalue weighted by atomic mass is 79.9. The van der Waals surface area contributed by atoms with E-state index in [1.165, 1.54) is 0 Å². The monoisotopic (exact) mass is 486 g/mol. The van der Waals surface area contributed by atoms with Crippen molar-refractivity contribution in [2.45, 2.75) is 0 Å². The summed E-state index contributed by atoms with van der Waals surface area (Å²) in [5.74, 6) is 0.996. The zero-order valence-corrected chi connectivity index (χ0v) is 18.1. The first-order chi connectivity index (χ1) is 14.5. The van der Waals surface area contributed by atoms with Crippen LogP contribution in [0.15, 0.2) is 74.3 Å². The van der Waals surface area contributed by atoms with Crippen LogP contribution in [0.5, 0.6) is 17.2 Å². The Bertz CT molecular complexity index is 1240. The molecular weight excluding hydrogens is 472 g/mol. The third-order valence-corrected chi connectivity index (χ3v) is 5.51. The third kappa shape index (κ3) is 4.55. The van der Waals surface area contributed by atoms with E-state index < -0.39 is 10.9 Å². The molecule has 0 fully saturated rings. The predicted octanol–water partition coefficient (Wildman–Crippen LogP) is 5.28. The van der Waals surface area contributed by atoms with Crippen molar-refractivity contribution in [1.82, 2.24) is 0 Å². The molecule has 4 aromatic rings. The number of esters is 1. The number of carbonyl (C=O) groups is 1. The molecule has 0 N–H and O–H groups in total. The smallest absolute Gasteiger partial charge is 0.396 e. The van der Waals surface area contributed by atoms with Crippen molar-refractivity contribution in [2.75, 3.05) is 13.7 Å². The second-order valence-corrected chi connectivity index (χ2v) is 8.09. The Kier molecular flexibility index (Phi) is 5.87. The summed E-state index contributed by atoms with van der Waals surface area (Å²) in [6.07, 6.45) is 0. The van der Waals surface area contributed by atoms with Crippen LogP contribution in [0.2, 0.25) is 0 Å². The van der Waals surface area contributed by atoms with Gasteiger partial charge in [-0.2, -0.15) is 0 Å². The summed E-state index contributed by atoms with van der Waals surface area (Å²) in [5.41, 5.74) is 1.89. The van der Waals surface area contributed by atoms with Crippen LogP contribution in [0, 0.1) is 0 Å². The summed E-state index contributed by atoms with van der Waals surface area (Å²) < 4.78 is 22.9. The van der Waals surface area contributed by atoms with Crippen molar-refractivity contribution >= 4 is 43.5 Å². The highest BCUT2D eigenvalue weighted by Crippen LogP contribution is 2.35. The molecular formula is C22H15BrO6S. The molecule has 3 aromatic carbocycles. The molecule has 0 bridgehead atoms. The molecule has 30 heavy (non-hydrogen) atoms. The Morgan fingerprint density at radius 1 is 1.00 bits per heavy atom. The van der Waals surface area contributed by atoms with E-state index in [0.717, 1.165) is 21.4 Å². The first kappa shape index (κ1) is 20.2. The fourth-order valence-electron chi connectivity index (χ4n) is 2.83. The van der Waals surface area contributed by atoms with Crippen molar-refractivity contribution in [1.29, 1.82) is 0 Å². The standard InChI is InChI=1S/C22H15BrO6S/c1-26-15-6-2-13(3-7-15)18-10-17(11-19-21(18)29-22(25)30-19)28-20(24)12-27-16-8-4-14(23)5-9-16/h2-11H,12H2,1H3. The maximum atomic E-state index is 12.3. The van der Waals surface area contributed by atoms with E-state index >= 15 is 0 Å². The van der Waals surface area contributed by atoms with Gasteiger partial charge >= 0.3 is 10.9 Å². The zero-order valence-electron chi connectivity index (χ0n) is 15.7. The molecule has 0 radical (unpaired) electrons. The Hall–Kier alpha value is -3.10. The van der Waals surface area contributed by atoms with Gasteiger partial charge in [-0.3, -0.25) is 0 Å². The average molecular weight is 487 g/mol. The normalized spacial score (nSPS) is 10.7. The van der Waals surface area contributed by atoms with E-state index in [4.69, 9.17) is 18.6 Å². The van der Waals surface area contributed by atoms with Gasteiger partial charge in [0.15, 0.2) is 12.2 Å². The number of fused-ring (bicyclic) bond motifs is 1. The van der Waals surface area contributed by atoms with Gasteiger partial charge in [-0.1, -0.05) is 39.4 Å². The largest absolute Gasteiger partial charge is 0.497 e. The minimum atomic E-state index is -0.561. The van der Waals surface area contributed by atoms with E-state index in [0.29, 0.717) is 33.1 Å². The van der Waals surface area contributed by atoms with E-state index in [-0.39, 0.29) is 6.61 Å². The molecule has 6 nitrogen and oxygen atoms in total. The average Bonchev–Trinajstić information content (AvgIpc) is 3.13. The van der Waals surface area contributed by atoms with Gasteiger partial charge in [0.25, 0.3) is 0 Å². The zero-order chi connectivity index (χ0) is 21.1. The molecule has 1 aromatic heterocycles. The molecule has 0 saturated heterocycles. The quantitative estimate of drug-likeness (QED) is 0.272. The first-order valence-corrected chi connectivity index (χ1v) is 10.4. The Morgan fingerprint density at radius 3 is 2.40 bits per heavy atom. The van der Waals surface area contributed by atoms with Crippen molar-refractivity contribution in [2.24, 2.45) is 0 Å². The van der Waals surface area contributed by atoms with Crippen LogP contribution in [-0.4, -0.2) is 19.7 Å². The van der Waals surface area contributed by atoms with Crippen molar-refractivity contribution in [3.63, 3.8) is 0 Å². The number of halogens is 1. The van der Waals surface area contributed by atoms with Gasteiger partial charge in [0, 0.05) is 16.1 Å². The van der Waals surface area contributed by atoms with Gasteiger partial charge < -0.3 is 18.6 Å². The number of hydrogen-bond donors (Lipinski definition) is 0. The van der Waals surface area contributed by atoms with Gasteiger partial charge in [0.05, 0.1) is 11.8 Å². The summed E-state index contributed by atoms with van der Waals surface area (Å²) in [4.78, 5) is 23.6. The number of rotatable bonds is 6. The number of benzene rings is 3. The lowest BCUT2D eigenvalue weighted by Gasteiger charge is -2.09. The van der Waals surface area contributed by atoms with Crippen LogP contribution < -0.4 is 19.1 Å². The Morgan fingerprint density at radius 2 is 1.70 bits per heavy atom. The van der Waals surface area contributed by atoms with Crippen LogP contribution >= 0.6 is 27.3 Å². The number of ether oxygens (including phenoxy) is 3. The van der Waals surface area contributed by atoms with Crippen LogP contribution in [0.25, 0.3) is 21.4 Å². The molecule has 0 aliphatic heterocycles. The Balaban J connectivity index is 1.58. The van der Waals surface area contributed by atoms with E-state index in [1.54, 1.807) is 43.5 Å². The van der Waals surface area contributed by atoms with Crippen LogP contribution in [0.4, 0.5) is 0 Å². The lowest BCUT2D eigenvalue weighted by atomic mass is 10.0. The van der Waals surface area contributed by atoms with Gasteiger partial charge in [0.2, 0.25) is 0 Å². The van der Waals surface area contributed by atoms with Gasteiger partial charge in [0.1, 0.15) is 17.2 Å². The molecule has 0 spiro atoms.